The molecule has 2 aromatic carbocycles. The number of fused-ring (bicyclic) bond motifs is 1. The molecule has 4 rings (SSSR count). The fraction of sp³-hybridized carbons (Fsp3) is 0.286. The SMILES string of the molecule is Cc1cc(C)cc(CC(NC2=NCCS2)c2cccc3sccc23)c1. The second-order valence-corrected chi connectivity index (χ2v) is 8.64. The summed E-state index contributed by atoms with van der Waals surface area (Å²) in [5.41, 5.74) is 5.41. The van der Waals surface area contributed by atoms with Crippen molar-refractivity contribution in [2.45, 2.75) is 26.3 Å². The zero-order chi connectivity index (χ0) is 17.2. The minimum absolute atomic E-state index is 0.240. The van der Waals surface area contributed by atoms with Crippen LogP contribution in [0.25, 0.3) is 10.1 Å². The molecule has 0 spiro atoms. The topological polar surface area (TPSA) is 24.4 Å². The molecule has 128 valence electrons. The second-order valence-electron chi connectivity index (χ2n) is 6.61. The highest BCUT2D eigenvalue weighted by Gasteiger charge is 2.19. The third-order valence-electron chi connectivity index (χ3n) is 4.51. The lowest BCUT2D eigenvalue weighted by atomic mass is 9.95. The van der Waals surface area contributed by atoms with Gasteiger partial charge in [0.1, 0.15) is 0 Å². The minimum atomic E-state index is 0.240. The Bertz CT molecular complexity index is 906. The molecule has 0 amide bonds. The van der Waals surface area contributed by atoms with Gasteiger partial charge in [-0.3, -0.25) is 4.99 Å². The summed E-state index contributed by atoms with van der Waals surface area (Å²) in [5, 5.41) is 8.35. The number of hydrogen-bond donors (Lipinski definition) is 1. The van der Waals surface area contributed by atoms with Crippen LogP contribution in [0.2, 0.25) is 0 Å². The average molecular weight is 367 g/mol. The number of benzene rings is 2. The number of hydrogen-bond acceptors (Lipinski definition) is 4. The first kappa shape index (κ1) is 16.7. The van der Waals surface area contributed by atoms with E-state index in [1.54, 1.807) is 0 Å². The summed E-state index contributed by atoms with van der Waals surface area (Å²) in [6, 6.07) is 16.0. The molecule has 1 aliphatic heterocycles. The third kappa shape index (κ3) is 3.75. The first-order chi connectivity index (χ1) is 12.2. The van der Waals surface area contributed by atoms with E-state index in [0.717, 1.165) is 23.9 Å². The van der Waals surface area contributed by atoms with Crippen LogP contribution in [0, 0.1) is 13.8 Å². The minimum Gasteiger partial charge on any atom is -0.358 e. The van der Waals surface area contributed by atoms with Crippen molar-refractivity contribution in [3.05, 3.63) is 70.1 Å². The van der Waals surface area contributed by atoms with E-state index >= 15 is 0 Å². The number of amidine groups is 1. The highest BCUT2D eigenvalue weighted by Crippen LogP contribution is 2.31. The zero-order valence-corrected chi connectivity index (χ0v) is 16.2. The van der Waals surface area contributed by atoms with Gasteiger partial charge in [-0.15, -0.1) is 11.3 Å². The van der Waals surface area contributed by atoms with Crippen molar-refractivity contribution in [2.24, 2.45) is 4.99 Å². The van der Waals surface area contributed by atoms with E-state index in [-0.39, 0.29) is 6.04 Å². The molecule has 0 saturated heterocycles. The van der Waals surface area contributed by atoms with Crippen LogP contribution in [0.15, 0.2) is 52.8 Å². The number of thioether (sulfide) groups is 1. The Morgan fingerprint density at radius 2 is 1.96 bits per heavy atom. The van der Waals surface area contributed by atoms with E-state index < -0.39 is 0 Å². The van der Waals surface area contributed by atoms with E-state index in [4.69, 9.17) is 0 Å². The van der Waals surface area contributed by atoms with Crippen molar-refractivity contribution in [3.63, 3.8) is 0 Å². The molecule has 0 aliphatic carbocycles. The van der Waals surface area contributed by atoms with Crippen LogP contribution in [-0.2, 0) is 6.42 Å². The summed E-state index contributed by atoms with van der Waals surface area (Å²) in [6.07, 6.45) is 0.969. The highest BCUT2D eigenvalue weighted by atomic mass is 32.2. The van der Waals surface area contributed by atoms with E-state index in [2.05, 4.69) is 72.0 Å². The van der Waals surface area contributed by atoms with Crippen LogP contribution in [0.4, 0.5) is 0 Å². The van der Waals surface area contributed by atoms with Gasteiger partial charge in [-0.05, 0) is 54.3 Å². The van der Waals surface area contributed by atoms with Crippen LogP contribution < -0.4 is 5.32 Å². The van der Waals surface area contributed by atoms with E-state index in [0.29, 0.717) is 0 Å². The molecule has 0 bridgehead atoms. The molecule has 25 heavy (non-hydrogen) atoms. The van der Waals surface area contributed by atoms with Crippen molar-refractivity contribution >= 4 is 38.4 Å². The summed E-state index contributed by atoms with van der Waals surface area (Å²) in [7, 11) is 0. The quantitative estimate of drug-likeness (QED) is 0.660. The Kier molecular flexibility index (Phi) is 4.82. The maximum Gasteiger partial charge on any atom is 0.157 e. The number of nitrogens with one attached hydrogen (secondary N) is 1. The molecular formula is C21H22N2S2. The summed E-state index contributed by atoms with van der Waals surface area (Å²) in [4.78, 5) is 4.62. The Morgan fingerprint density at radius 3 is 2.72 bits per heavy atom. The van der Waals surface area contributed by atoms with E-state index in [1.165, 1.54) is 32.3 Å². The first-order valence-corrected chi connectivity index (χ1v) is 10.5. The van der Waals surface area contributed by atoms with Gasteiger partial charge in [-0.2, -0.15) is 0 Å². The smallest absolute Gasteiger partial charge is 0.157 e. The van der Waals surface area contributed by atoms with Crippen LogP contribution in [-0.4, -0.2) is 17.5 Å². The molecule has 1 aliphatic rings. The molecule has 2 heterocycles. The van der Waals surface area contributed by atoms with E-state index in [1.807, 2.05) is 23.1 Å². The summed E-state index contributed by atoms with van der Waals surface area (Å²) >= 11 is 3.64. The molecule has 4 heteroatoms. The molecule has 1 aromatic heterocycles. The first-order valence-electron chi connectivity index (χ1n) is 8.66. The third-order valence-corrected chi connectivity index (χ3v) is 6.30. The normalized spacial score (nSPS) is 15.4. The monoisotopic (exact) mass is 366 g/mol. The molecule has 0 fully saturated rings. The van der Waals surface area contributed by atoms with Crippen LogP contribution in [0.5, 0.6) is 0 Å². The standard InChI is InChI=1S/C21H22N2S2/c1-14-10-15(2)12-16(11-14)13-19(23-21-22-7-9-25-21)17-4-3-5-20-18(17)6-8-24-20/h3-6,8,10-12,19H,7,9,13H2,1-2H3,(H,22,23). The Labute approximate surface area is 157 Å². The lowest BCUT2D eigenvalue weighted by Crippen LogP contribution is -2.27. The van der Waals surface area contributed by atoms with E-state index in [9.17, 15) is 0 Å². The molecule has 0 radical (unpaired) electrons. The molecule has 1 atom stereocenters. The molecule has 1 N–H and O–H groups in total. The van der Waals surface area contributed by atoms with Gasteiger partial charge in [0.25, 0.3) is 0 Å². The van der Waals surface area contributed by atoms with Crippen LogP contribution in [0.3, 0.4) is 0 Å². The van der Waals surface area contributed by atoms with Gasteiger partial charge in [0.2, 0.25) is 0 Å². The van der Waals surface area contributed by atoms with Gasteiger partial charge in [0.05, 0.1) is 12.6 Å². The fourth-order valence-electron chi connectivity index (χ4n) is 3.55. The summed E-state index contributed by atoms with van der Waals surface area (Å²) < 4.78 is 1.35. The van der Waals surface area contributed by atoms with Gasteiger partial charge in [0.15, 0.2) is 5.17 Å². The van der Waals surface area contributed by atoms with Gasteiger partial charge in [0, 0.05) is 10.5 Å². The van der Waals surface area contributed by atoms with Crippen molar-refractivity contribution in [2.75, 3.05) is 12.3 Å². The van der Waals surface area contributed by atoms with Crippen molar-refractivity contribution in [1.82, 2.24) is 5.32 Å². The van der Waals surface area contributed by atoms with Crippen LogP contribution in [0.1, 0.15) is 28.3 Å². The second kappa shape index (κ2) is 7.22. The van der Waals surface area contributed by atoms with Gasteiger partial charge >= 0.3 is 0 Å². The number of aliphatic imine (C=N–C) groups is 1. The average Bonchev–Trinajstić information content (AvgIpc) is 3.24. The predicted molar refractivity (Wildman–Crippen MR) is 112 cm³/mol. The highest BCUT2D eigenvalue weighted by molar-refractivity contribution is 8.14. The maximum absolute atomic E-state index is 4.62. The Hall–Kier alpha value is -1.78. The van der Waals surface area contributed by atoms with Gasteiger partial charge < -0.3 is 5.32 Å². The zero-order valence-electron chi connectivity index (χ0n) is 14.6. The Morgan fingerprint density at radius 1 is 1.12 bits per heavy atom. The van der Waals surface area contributed by atoms with Crippen LogP contribution >= 0.6 is 23.1 Å². The largest absolute Gasteiger partial charge is 0.358 e. The molecule has 2 nitrogen and oxygen atoms in total. The molecule has 3 aromatic rings. The van der Waals surface area contributed by atoms with Crippen molar-refractivity contribution in [3.8, 4) is 0 Å². The number of aryl methyl sites for hydroxylation is 2. The van der Waals surface area contributed by atoms with Gasteiger partial charge in [-0.1, -0.05) is 53.2 Å². The van der Waals surface area contributed by atoms with Crippen molar-refractivity contribution in [1.29, 1.82) is 0 Å². The lowest BCUT2D eigenvalue weighted by Gasteiger charge is -2.21. The molecule has 1 unspecified atom stereocenters. The fourth-order valence-corrected chi connectivity index (χ4v) is 5.16. The van der Waals surface area contributed by atoms with Crippen molar-refractivity contribution < 1.29 is 0 Å². The maximum atomic E-state index is 4.62. The van der Waals surface area contributed by atoms with Gasteiger partial charge in [-0.25, -0.2) is 0 Å². The molecular weight excluding hydrogens is 344 g/mol. The predicted octanol–water partition coefficient (Wildman–Crippen LogP) is 5.49. The summed E-state index contributed by atoms with van der Waals surface area (Å²) in [5.74, 6) is 1.08. The number of nitrogens with zero attached hydrogens (tertiary/aromatic N) is 1. The Balaban J connectivity index is 1.72. The number of rotatable bonds is 4. The summed E-state index contributed by atoms with van der Waals surface area (Å²) in [6.45, 7) is 5.27. The molecule has 0 saturated carbocycles. The number of thiophene rings is 1. The lowest BCUT2D eigenvalue weighted by molar-refractivity contribution is 0.653.